The van der Waals surface area contributed by atoms with E-state index in [9.17, 15) is 13.2 Å². The van der Waals surface area contributed by atoms with Gasteiger partial charge in [0.05, 0.1) is 24.6 Å². The number of fused-ring (bicyclic) bond motifs is 1. The standard InChI is InChI=1S/C15H14F3N7OS/c1-26-13-11-10(7(16)5-25(11)24-15(19)22-13)6-2-3-8(23-20)9(4-6)21-14(27)12(17)18/h2-5,12,14,20-21,27H,1H3,(H2,19,24)/t14-/m0/s1. The third-order valence-electron chi connectivity index (χ3n) is 3.71. The topological polar surface area (TPSA) is 114 Å². The molecule has 3 rings (SSSR count). The van der Waals surface area contributed by atoms with Crippen molar-refractivity contribution >= 4 is 35.5 Å². The van der Waals surface area contributed by atoms with Gasteiger partial charge in [-0.1, -0.05) is 6.07 Å². The van der Waals surface area contributed by atoms with Crippen LogP contribution in [0.25, 0.3) is 16.6 Å². The number of thiol groups is 1. The summed E-state index contributed by atoms with van der Waals surface area (Å²) >= 11 is 3.76. The van der Waals surface area contributed by atoms with Gasteiger partial charge in [0.25, 0.3) is 6.43 Å². The fourth-order valence-electron chi connectivity index (χ4n) is 2.58. The predicted molar refractivity (Wildman–Crippen MR) is 96.6 cm³/mol. The molecule has 0 spiro atoms. The number of hydrogen-bond donors (Lipinski definition) is 4. The Kier molecular flexibility index (Phi) is 5.08. The highest BCUT2D eigenvalue weighted by molar-refractivity contribution is 7.81. The maximum Gasteiger partial charge on any atom is 0.267 e. The summed E-state index contributed by atoms with van der Waals surface area (Å²) in [5.74, 6) is -0.711. The molecule has 0 fully saturated rings. The van der Waals surface area contributed by atoms with Crippen LogP contribution >= 0.6 is 12.6 Å². The molecule has 8 nitrogen and oxygen atoms in total. The van der Waals surface area contributed by atoms with Gasteiger partial charge in [-0.25, -0.2) is 23.2 Å². The van der Waals surface area contributed by atoms with Crippen molar-refractivity contribution in [2.45, 2.75) is 11.8 Å². The Morgan fingerprint density at radius 3 is 2.78 bits per heavy atom. The summed E-state index contributed by atoms with van der Waals surface area (Å²) in [4.78, 5) is 3.93. The summed E-state index contributed by atoms with van der Waals surface area (Å²) in [7, 11) is 1.35. The van der Waals surface area contributed by atoms with Gasteiger partial charge in [-0.2, -0.15) is 10.1 Å². The van der Waals surface area contributed by atoms with E-state index in [2.05, 4.69) is 33.1 Å². The van der Waals surface area contributed by atoms with E-state index in [1.54, 1.807) is 0 Å². The maximum atomic E-state index is 14.6. The molecule has 0 saturated heterocycles. The summed E-state index contributed by atoms with van der Waals surface area (Å²) < 4.78 is 46.6. The smallest absolute Gasteiger partial charge is 0.267 e. The van der Waals surface area contributed by atoms with Gasteiger partial charge in [0.15, 0.2) is 5.82 Å². The van der Waals surface area contributed by atoms with Crippen molar-refractivity contribution in [2.75, 3.05) is 18.2 Å². The minimum absolute atomic E-state index is 0.0461. The van der Waals surface area contributed by atoms with Gasteiger partial charge in [0, 0.05) is 0 Å². The molecular weight excluding hydrogens is 383 g/mol. The first-order chi connectivity index (χ1) is 12.8. The van der Waals surface area contributed by atoms with E-state index in [1.807, 2.05) is 0 Å². The summed E-state index contributed by atoms with van der Waals surface area (Å²) in [6, 6.07) is 4.26. The third-order valence-corrected chi connectivity index (χ3v) is 4.06. The molecule has 3 aromatic rings. The number of hydrogen-bond acceptors (Lipinski definition) is 8. The van der Waals surface area contributed by atoms with Crippen molar-refractivity contribution in [3.8, 4) is 17.0 Å². The van der Waals surface area contributed by atoms with E-state index >= 15 is 0 Å². The van der Waals surface area contributed by atoms with Crippen LogP contribution in [0, 0.1) is 11.3 Å². The highest BCUT2D eigenvalue weighted by Gasteiger charge is 2.22. The van der Waals surface area contributed by atoms with Crippen LogP contribution in [0.2, 0.25) is 0 Å². The van der Waals surface area contributed by atoms with Crippen LogP contribution < -0.4 is 15.8 Å². The summed E-state index contributed by atoms with van der Waals surface area (Å²) in [5.41, 5.74) is 13.5. The molecule has 1 atom stereocenters. The second kappa shape index (κ2) is 7.31. The largest absolute Gasteiger partial charge is 0.479 e. The average molecular weight is 397 g/mol. The van der Waals surface area contributed by atoms with E-state index in [0.717, 1.165) is 6.20 Å². The molecule has 4 N–H and O–H groups in total. The number of alkyl halides is 2. The fraction of sp³-hybridized carbons (Fsp3) is 0.200. The lowest BCUT2D eigenvalue weighted by atomic mass is 10.0. The van der Waals surface area contributed by atoms with Crippen molar-refractivity contribution in [1.29, 1.82) is 5.53 Å². The van der Waals surface area contributed by atoms with Gasteiger partial charge in [-0.3, -0.25) is 0 Å². The Bertz CT molecular complexity index is 1010. The molecule has 0 amide bonds. The minimum atomic E-state index is -2.76. The molecule has 1 aromatic carbocycles. The molecule has 0 unspecified atom stereocenters. The molecule has 12 heteroatoms. The number of halogens is 3. The first-order valence-corrected chi connectivity index (χ1v) is 8.00. The quantitative estimate of drug-likeness (QED) is 0.288. The Labute approximate surface area is 156 Å². The van der Waals surface area contributed by atoms with Crippen LogP contribution in [0.1, 0.15) is 0 Å². The Morgan fingerprint density at radius 1 is 1.41 bits per heavy atom. The van der Waals surface area contributed by atoms with Crippen molar-refractivity contribution in [3.05, 3.63) is 30.2 Å². The van der Waals surface area contributed by atoms with Crippen LogP contribution in [0.15, 0.2) is 29.5 Å². The van der Waals surface area contributed by atoms with Gasteiger partial charge in [0.1, 0.15) is 16.6 Å². The molecule has 142 valence electrons. The predicted octanol–water partition coefficient (Wildman–Crippen LogP) is 3.72. The number of nitrogen functional groups attached to an aromatic ring is 1. The molecule has 0 saturated carbocycles. The molecule has 0 aliphatic carbocycles. The zero-order valence-corrected chi connectivity index (χ0v) is 14.7. The van der Waals surface area contributed by atoms with Gasteiger partial charge in [-0.05, 0) is 17.7 Å². The van der Waals surface area contributed by atoms with E-state index in [1.165, 1.54) is 29.8 Å². The number of methoxy groups -OCH3 is 1. The Morgan fingerprint density at radius 2 is 2.15 bits per heavy atom. The number of nitrogens with zero attached hydrogens (tertiary/aromatic N) is 4. The first kappa shape index (κ1) is 18.8. The number of aromatic nitrogens is 3. The van der Waals surface area contributed by atoms with Crippen LogP contribution in [-0.4, -0.2) is 33.5 Å². The van der Waals surface area contributed by atoms with Crippen LogP contribution in [-0.2, 0) is 0 Å². The molecule has 27 heavy (non-hydrogen) atoms. The lowest BCUT2D eigenvalue weighted by Gasteiger charge is -2.16. The molecular formula is C15H14F3N7OS. The van der Waals surface area contributed by atoms with Crippen molar-refractivity contribution in [3.63, 3.8) is 0 Å². The van der Waals surface area contributed by atoms with Crippen molar-refractivity contribution < 1.29 is 17.9 Å². The third kappa shape index (κ3) is 3.47. The monoisotopic (exact) mass is 397 g/mol. The molecule has 2 heterocycles. The van der Waals surface area contributed by atoms with Gasteiger partial charge in [-0.15, -0.1) is 17.7 Å². The average Bonchev–Trinajstić information content (AvgIpc) is 2.96. The number of benzene rings is 1. The highest BCUT2D eigenvalue weighted by atomic mass is 32.1. The van der Waals surface area contributed by atoms with Crippen molar-refractivity contribution in [1.82, 2.24) is 14.6 Å². The Hall–Kier alpha value is -3.02. The fourth-order valence-corrected chi connectivity index (χ4v) is 2.72. The highest BCUT2D eigenvalue weighted by Crippen LogP contribution is 2.38. The molecule has 0 aliphatic heterocycles. The van der Waals surface area contributed by atoms with E-state index in [4.69, 9.17) is 16.0 Å². The number of nitrogens with two attached hydrogens (primary N) is 1. The summed E-state index contributed by atoms with van der Waals surface area (Å²) in [5, 5.41) is 8.15. The van der Waals surface area contributed by atoms with E-state index in [-0.39, 0.29) is 34.3 Å². The number of ether oxygens (including phenoxy) is 1. The normalized spacial score (nSPS) is 12.4. The zero-order valence-electron chi connectivity index (χ0n) is 13.8. The molecule has 0 bridgehead atoms. The zero-order chi connectivity index (χ0) is 19.7. The summed E-state index contributed by atoms with van der Waals surface area (Å²) in [6.07, 6.45) is -1.67. The lowest BCUT2D eigenvalue weighted by Crippen LogP contribution is -2.21. The molecule has 0 radical (unpaired) electrons. The number of rotatable bonds is 6. The van der Waals surface area contributed by atoms with Crippen LogP contribution in [0.3, 0.4) is 0 Å². The second-order valence-corrected chi connectivity index (χ2v) is 5.95. The first-order valence-electron chi connectivity index (χ1n) is 7.48. The minimum Gasteiger partial charge on any atom is -0.479 e. The second-order valence-electron chi connectivity index (χ2n) is 5.39. The van der Waals surface area contributed by atoms with E-state index in [0.29, 0.717) is 5.56 Å². The van der Waals surface area contributed by atoms with E-state index < -0.39 is 17.6 Å². The summed E-state index contributed by atoms with van der Waals surface area (Å²) in [6.45, 7) is 0. The number of nitrogens with one attached hydrogen (secondary N) is 2. The maximum absolute atomic E-state index is 14.6. The Balaban J connectivity index is 2.19. The SMILES string of the molecule is COc1nc(N)nn2cc(F)c(-c3ccc(N=N)c(N[C@@H](S)C(F)F)c3)c12. The lowest BCUT2D eigenvalue weighted by molar-refractivity contribution is 0.153. The van der Waals surface area contributed by atoms with Gasteiger partial charge >= 0.3 is 0 Å². The van der Waals surface area contributed by atoms with Crippen molar-refractivity contribution in [2.24, 2.45) is 5.11 Å². The van der Waals surface area contributed by atoms with Gasteiger partial charge in [0.2, 0.25) is 11.8 Å². The van der Waals surface area contributed by atoms with Crippen LogP contribution in [0.4, 0.5) is 30.5 Å². The number of anilines is 2. The van der Waals surface area contributed by atoms with Crippen LogP contribution in [0.5, 0.6) is 5.88 Å². The molecule has 0 aliphatic rings. The molecule has 2 aromatic heterocycles. The van der Waals surface area contributed by atoms with Gasteiger partial charge < -0.3 is 15.8 Å².